The number of alkyl halides is 2. The highest BCUT2D eigenvalue weighted by atomic mass is 19.3. The lowest BCUT2D eigenvalue weighted by atomic mass is 10.0. The van der Waals surface area contributed by atoms with Crippen LogP contribution in [0.2, 0.25) is 0 Å². The molecule has 0 spiro atoms. The number of nitrogens with two attached hydrogens (primary N) is 1. The molecular formula is C11H13F2NO. The summed E-state index contributed by atoms with van der Waals surface area (Å²) in [5.41, 5.74) is 5.96. The Morgan fingerprint density at radius 3 is 2.93 bits per heavy atom. The van der Waals surface area contributed by atoms with Crippen molar-refractivity contribution in [2.24, 2.45) is 5.73 Å². The normalized spacial score (nSPS) is 15.7. The summed E-state index contributed by atoms with van der Waals surface area (Å²) in [6.45, 7) is -0.0730. The lowest BCUT2D eigenvalue weighted by Gasteiger charge is -2.20. The van der Waals surface area contributed by atoms with Crippen LogP contribution in [-0.2, 0) is 12.3 Å². The first-order chi connectivity index (χ1) is 7.13. The Balaban J connectivity index is 2.36. The summed E-state index contributed by atoms with van der Waals surface area (Å²) in [5, 5.41) is 0. The van der Waals surface area contributed by atoms with Gasteiger partial charge in [-0.2, -0.15) is 8.78 Å². The summed E-state index contributed by atoms with van der Waals surface area (Å²) in [5.74, 6) is -2.39. The van der Waals surface area contributed by atoms with Crippen molar-refractivity contribution in [2.45, 2.75) is 18.8 Å². The van der Waals surface area contributed by atoms with E-state index >= 15 is 0 Å². The molecule has 0 radical (unpaired) electrons. The van der Waals surface area contributed by atoms with E-state index < -0.39 is 12.5 Å². The molecule has 4 heteroatoms. The van der Waals surface area contributed by atoms with E-state index in [1.807, 2.05) is 0 Å². The fourth-order valence-corrected chi connectivity index (χ4v) is 1.69. The van der Waals surface area contributed by atoms with E-state index in [9.17, 15) is 8.78 Å². The Hall–Kier alpha value is -1.16. The molecule has 2 nitrogen and oxygen atoms in total. The van der Waals surface area contributed by atoms with Crippen molar-refractivity contribution in [2.75, 3.05) is 13.2 Å². The van der Waals surface area contributed by atoms with Gasteiger partial charge in [-0.25, -0.2) is 0 Å². The molecule has 1 aromatic rings. The fraction of sp³-hybridized carbons (Fsp3) is 0.455. The highest BCUT2D eigenvalue weighted by molar-refractivity contribution is 5.40. The van der Waals surface area contributed by atoms with Gasteiger partial charge in [-0.1, -0.05) is 12.1 Å². The van der Waals surface area contributed by atoms with E-state index in [0.29, 0.717) is 12.4 Å². The second kappa shape index (κ2) is 3.77. The molecule has 0 bridgehead atoms. The molecule has 15 heavy (non-hydrogen) atoms. The molecule has 0 fully saturated rings. The number of rotatable bonds is 2. The molecule has 1 aliphatic rings. The fourth-order valence-electron chi connectivity index (χ4n) is 1.69. The Kier molecular flexibility index (Phi) is 2.61. The number of hydrogen-bond acceptors (Lipinski definition) is 2. The predicted octanol–water partition coefficient (Wildman–Crippen LogP) is 2.06. The van der Waals surface area contributed by atoms with Crippen LogP contribution in [0.5, 0.6) is 5.75 Å². The van der Waals surface area contributed by atoms with Crippen molar-refractivity contribution < 1.29 is 13.5 Å². The topological polar surface area (TPSA) is 35.2 Å². The van der Waals surface area contributed by atoms with Gasteiger partial charge < -0.3 is 10.5 Å². The summed E-state index contributed by atoms with van der Waals surface area (Å²) >= 11 is 0. The minimum absolute atomic E-state index is 0.0642. The first-order valence-electron chi connectivity index (χ1n) is 4.97. The zero-order valence-corrected chi connectivity index (χ0v) is 8.30. The van der Waals surface area contributed by atoms with Crippen LogP contribution in [0.4, 0.5) is 8.78 Å². The van der Waals surface area contributed by atoms with Gasteiger partial charge in [-0.15, -0.1) is 0 Å². The van der Waals surface area contributed by atoms with Gasteiger partial charge in [-0.3, -0.25) is 0 Å². The average Bonchev–Trinajstić information content (AvgIpc) is 2.28. The Labute approximate surface area is 87.0 Å². The second-order valence-electron chi connectivity index (χ2n) is 3.68. The zero-order chi connectivity index (χ0) is 10.9. The van der Waals surface area contributed by atoms with Crippen LogP contribution in [-0.4, -0.2) is 13.2 Å². The number of ether oxygens (including phenoxy) is 1. The molecule has 82 valence electrons. The lowest BCUT2D eigenvalue weighted by molar-refractivity contribution is 0.00564. The van der Waals surface area contributed by atoms with Crippen LogP contribution in [0.25, 0.3) is 0 Å². The minimum Gasteiger partial charge on any atom is -0.493 e. The molecule has 0 saturated heterocycles. The molecule has 0 amide bonds. The molecule has 1 aliphatic heterocycles. The minimum atomic E-state index is -2.96. The van der Waals surface area contributed by atoms with Gasteiger partial charge >= 0.3 is 0 Å². The van der Waals surface area contributed by atoms with Gasteiger partial charge in [0.15, 0.2) is 0 Å². The molecule has 1 aromatic carbocycles. The van der Waals surface area contributed by atoms with Crippen molar-refractivity contribution in [3.8, 4) is 5.75 Å². The van der Waals surface area contributed by atoms with Gasteiger partial charge in [0.05, 0.1) is 13.2 Å². The standard InChI is InChI=1S/C11H13F2NO/c12-11(13,7-14)9-4-3-8-2-1-5-15-10(8)6-9/h3-4,6H,1-2,5,7,14H2. The summed E-state index contributed by atoms with van der Waals surface area (Å²) in [6.07, 6.45) is 1.84. The zero-order valence-electron chi connectivity index (χ0n) is 8.30. The van der Waals surface area contributed by atoms with Crippen molar-refractivity contribution in [1.29, 1.82) is 0 Å². The first kappa shape index (κ1) is 10.4. The van der Waals surface area contributed by atoms with Crippen LogP contribution >= 0.6 is 0 Å². The van der Waals surface area contributed by atoms with Crippen molar-refractivity contribution in [3.05, 3.63) is 29.3 Å². The Bertz CT molecular complexity index is 366. The first-order valence-corrected chi connectivity index (χ1v) is 4.97. The number of hydrogen-bond donors (Lipinski definition) is 1. The third-order valence-corrected chi connectivity index (χ3v) is 2.59. The van der Waals surface area contributed by atoms with Crippen LogP contribution in [0, 0.1) is 0 Å². The van der Waals surface area contributed by atoms with Gasteiger partial charge in [0, 0.05) is 5.56 Å². The summed E-state index contributed by atoms with van der Waals surface area (Å²) in [7, 11) is 0. The van der Waals surface area contributed by atoms with Crippen LogP contribution in [0.3, 0.4) is 0 Å². The molecule has 0 atom stereocenters. The predicted molar refractivity (Wildman–Crippen MR) is 53.2 cm³/mol. The van der Waals surface area contributed by atoms with Gasteiger partial charge in [0.2, 0.25) is 0 Å². The maximum absolute atomic E-state index is 13.3. The quantitative estimate of drug-likeness (QED) is 0.816. The molecule has 2 N–H and O–H groups in total. The molecular weight excluding hydrogens is 200 g/mol. The second-order valence-corrected chi connectivity index (χ2v) is 3.68. The SMILES string of the molecule is NCC(F)(F)c1ccc2c(c1)OCCC2. The molecule has 2 rings (SSSR count). The summed E-state index contributed by atoms with van der Waals surface area (Å²) in [4.78, 5) is 0. The van der Waals surface area contributed by atoms with E-state index in [4.69, 9.17) is 10.5 Å². The highest BCUT2D eigenvalue weighted by Crippen LogP contribution is 2.33. The number of aryl methyl sites for hydroxylation is 1. The lowest BCUT2D eigenvalue weighted by Crippen LogP contribution is -2.25. The summed E-state index contributed by atoms with van der Waals surface area (Å²) in [6, 6.07) is 4.54. The molecule has 0 aliphatic carbocycles. The Morgan fingerprint density at radius 1 is 1.40 bits per heavy atom. The molecule has 0 saturated carbocycles. The van der Waals surface area contributed by atoms with Gasteiger partial charge in [-0.05, 0) is 24.5 Å². The smallest absolute Gasteiger partial charge is 0.285 e. The van der Waals surface area contributed by atoms with E-state index in [1.165, 1.54) is 12.1 Å². The van der Waals surface area contributed by atoms with Crippen molar-refractivity contribution >= 4 is 0 Å². The number of fused-ring (bicyclic) bond motifs is 1. The van der Waals surface area contributed by atoms with Gasteiger partial charge in [0.25, 0.3) is 5.92 Å². The van der Waals surface area contributed by atoms with Gasteiger partial charge in [0.1, 0.15) is 5.75 Å². The van der Waals surface area contributed by atoms with Crippen LogP contribution < -0.4 is 10.5 Å². The molecule has 0 aromatic heterocycles. The van der Waals surface area contributed by atoms with E-state index in [0.717, 1.165) is 18.4 Å². The third-order valence-electron chi connectivity index (χ3n) is 2.59. The monoisotopic (exact) mass is 213 g/mol. The van der Waals surface area contributed by atoms with Crippen molar-refractivity contribution in [3.63, 3.8) is 0 Å². The number of halogens is 2. The van der Waals surface area contributed by atoms with E-state index in [-0.39, 0.29) is 5.56 Å². The Morgan fingerprint density at radius 2 is 2.20 bits per heavy atom. The summed E-state index contributed by atoms with van der Waals surface area (Å²) < 4.78 is 31.9. The van der Waals surface area contributed by atoms with Crippen LogP contribution in [0.1, 0.15) is 17.5 Å². The maximum Gasteiger partial charge on any atom is 0.285 e. The molecule has 0 unspecified atom stereocenters. The van der Waals surface area contributed by atoms with Crippen molar-refractivity contribution in [1.82, 2.24) is 0 Å². The van der Waals surface area contributed by atoms with E-state index in [2.05, 4.69) is 0 Å². The largest absolute Gasteiger partial charge is 0.493 e. The van der Waals surface area contributed by atoms with E-state index in [1.54, 1.807) is 6.07 Å². The average molecular weight is 213 g/mol. The van der Waals surface area contributed by atoms with Crippen LogP contribution in [0.15, 0.2) is 18.2 Å². The molecule has 1 heterocycles. The third kappa shape index (κ3) is 1.95. The maximum atomic E-state index is 13.3. The highest BCUT2D eigenvalue weighted by Gasteiger charge is 2.30. The number of benzene rings is 1.